The van der Waals surface area contributed by atoms with Gasteiger partial charge in [-0.3, -0.25) is 4.79 Å². The van der Waals surface area contributed by atoms with E-state index < -0.39 is 0 Å². The highest BCUT2D eigenvalue weighted by atomic mass is 16.6. The molecule has 0 aromatic heterocycles. The molecule has 1 heterocycles. The molecule has 1 aliphatic rings. The van der Waals surface area contributed by atoms with E-state index >= 15 is 0 Å². The van der Waals surface area contributed by atoms with E-state index in [1.807, 2.05) is 6.92 Å². The number of hydrogen-bond donors (Lipinski definition) is 0. The van der Waals surface area contributed by atoms with Crippen molar-refractivity contribution in [3.63, 3.8) is 0 Å². The summed E-state index contributed by atoms with van der Waals surface area (Å²) in [6.45, 7) is 7.68. The highest BCUT2D eigenvalue weighted by Crippen LogP contribution is 2.30. The second kappa shape index (κ2) is 14.1. The molecule has 0 bridgehead atoms. The van der Waals surface area contributed by atoms with E-state index in [1.54, 1.807) is 6.08 Å². The van der Waals surface area contributed by atoms with Gasteiger partial charge in [-0.1, -0.05) is 70.3 Å². The molecule has 1 aliphatic heterocycles. The van der Waals surface area contributed by atoms with Crippen molar-refractivity contribution < 1.29 is 14.3 Å². The normalized spacial score (nSPS) is 20.6. The third-order valence-corrected chi connectivity index (χ3v) is 4.72. The minimum Gasteiger partial charge on any atom is -0.458 e. The quantitative estimate of drug-likeness (QED) is 0.145. The molecule has 25 heavy (non-hydrogen) atoms. The summed E-state index contributed by atoms with van der Waals surface area (Å²) < 4.78 is 10.8. The highest BCUT2D eigenvalue weighted by Gasteiger charge is 2.36. The van der Waals surface area contributed by atoms with E-state index in [-0.39, 0.29) is 12.1 Å². The maximum absolute atomic E-state index is 11.5. The molecule has 3 nitrogen and oxygen atoms in total. The van der Waals surface area contributed by atoms with Gasteiger partial charge >= 0.3 is 5.97 Å². The molecule has 1 rings (SSSR count). The molecule has 1 unspecified atom stereocenters. The fourth-order valence-electron chi connectivity index (χ4n) is 2.96. The van der Waals surface area contributed by atoms with Crippen LogP contribution in [0.3, 0.4) is 0 Å². The monoisotopic (exact) mass is 350 g/mol. The van der Waals surface area contributed by atoms with Crippen LogP contribution in [0.5, 0.6) is 0 Å². The van der Waals surface area contributed by atoms with E-state index in [9.17, 15) is 4.79 Å². The number of carbonyl (C=O) groups is 1. The van der Waals surface area contributed by atoms with Crippen molar-refractivity contribution in [1.29, 1.82) is 0 Å². The Bertz CT molecular complexity index is 389. The van der Waals surface area contributed by atoms with Crippen LogP contribution in [-0.4, -0.2) is 24.3 Å². The van der Waals surface area contributed by atoms with Crippen LogP contribution in [0.25, 0.3) is 0 Å². The molecule has 1 saturated heterocycles. The molecule has 0 aromatic rings. The minimum absolute atomic E-state index is 0.106. The molecule has 0 aliphatic carbocycles. The van der Waals surface area contributed by atoms with E-state index in [2.05, 4.69) is 25.7 Å². The Labute approximate surface area is 154 Å². The fourth-order valence-corrected chi connectivity index (χ4v) is 2.96. The average Bonchev–Trinajstić information content (AvgIpc) is 3.34. The summed E-state index contributed by atoms with van der Waals surface area (Å²) in [5, 5.41) is 0. The van der Waals surface area contributed by atoms with Gasteiger partial charge in [0.15, 0.2) is 0 Å². The maximum Gasteiger partial charge on any atom is 0.306 e. The number of hydrogen-bond acceptors (Lipinski definition) is 3. The molecule has 3 atom stereocenters. The first-order valence-electron chi connectivity index (χ1n) is 10.3. The zero-order chi connectivity index (χ0) is 18.3. The molecule has 0 N–H and O–H groups in total. The Morgan fingerprint density at radius 2 is 1.84 bits per heavy atom. The predicted octanol–water partition coefficient (Wildman–Crippen LogP) is 6.13. The van der Waals surface area contributed by atoms with Gasteiger partial charge in [0.05, 0.1) is 12.2 Å². The van der Waals surface area contributed by atoms with Crippen molar-refractivity contribution in [2.75, 3.05) is 0 Å². The molecule has 3 heteroatoms. The third kappa shape index (κ3) is 12.0. The second-order valence-corrected chi connectivity index (χ2v) is 7.15. The fraction of sp³-hybridized carbons (Fsp3) is 0.773. The van der Waals surface area contributed by atoms with Gasteiger partial charge in [0, 0.05) is 6.42 Å². The first-order chi connectivity index (χ1) is 12.2. The Hall–Kier alpha value is -1.09. The van der Waals surface area contributed by atoms with Gasteiger partial charge in [-0.2, -0.15) is 0 Å². The smallest absolute Gasteiger partial charge is 0.306 e. The van der Waals surface area contributed by atoms with Gasteiger partial charge < -0.3 is 9.47 Å². The number of unbranched alkanes of at least 4 members (excludes halogenated alkanes) is 7. The lowest BCUT2D eigenvalue weighted by Gasteiger charge is -2.08. The Balaban J connectivity index is 1.83. The second-order valence-electron chi connectivity index (χ2n) is 7.15. The van der Waals surface area contributed by atoms with Gasteiger partial charge in [0.2, 0.25) is 0 Å². The molecule has 0 radical (unpaired) electrons. The number of ether oxygens (including phenoxy) is 2. The number of allylic oxidation sites excluding steroid dienone is 1. The summed E-state index contributed by atoms with van der Waals surface area (Å²) >= 11 is 0. The Morgan fingerprint density at radius 3 is 2.60 bits per heavy atom. The summed E-state index contributed by atoms with van der Waals surface area (Å²) in [5.41, 5.74) is 0. The summed E-state index contributed by atoms with van der Waals surface area (Å²) in [6.07, 6.45) is 20.8. The third-order valence-electron chi connectivity index (χ3n) is 4.72. The van der Waals surface area contributed by atoms with Crippen molar-refractivity contribution >= 4 is 5.97 Å². The van der Waals surface area contributed by atoms with Crippen molar-refractivity contribution in [2.24, 2.45) is 0 Å². The van der Waals surface area contributed by atoms with Crippen LogP contribution in [0, 0.1) is 0 Å². The van der Waals surface area contributed by atoms with Crippen molar-refractivity contribution in [3.8, 4) is 0 Å². The summed E-state index contributed by atoms with van der Waals surface area (Å²) in [5.74, 6) is -0.106. The van der Waals surface area contributed by atoms with Crippen LogP contribution in [0.4, 0.5) is 0 Å². The lowest BCUT2D eigenvalue weighted by Crippen LogP contribution is -2.11. The topological polar surface area (TPSA) is 38.8 Å². The Kier molecular flexibility index (Phi) is 12.4. The number of rotatable bonds is 16. The molecule has 0 aromatic carbocycles. The van der Waals surface area contributed by atoms with Crippen LogP contribution in [0.15, 0.2) is 24.8 Å². The predicted molar refractivity (Wildman–Crippen MR) is 105 cm³/mol. The lowest BCUT2D eigenvalue weighted by atomic mass is 10.1. The van der Waals surface area contributed by atoms with Gasteiger partial charge in [-0.15, -0.1) is 0 Å². The molecule has 0 amide bonds. The van der Waals surface area contributed by atoms with Gasteiger partial charge in [0.25, 0.3) is 0 Å². The SMILES string of the molecule is C=CC(C)OC(=O)CCCCCCC/C=C\C[C@@H]1O[C@@H]1CCCCC. The lowest BCUT2D eigenvalue weighted by molar-refractivity contribution is -0.146. The van der Waals surface area contributed by atoms with Crippen LogP contribution < -0.4 is 0 Å². The summed E-state index contributed by atoms with van der Waals surface area (Å²) in [6, 6.07) is 0. The van der Waals surface area contributed by atoms with E-state index in [1.165, 1.54) is 44.9 Å². The zero-order valence-electron chi connectivity index (χ0n) is 16.4. The number of esters is 1. The van der Waals surface area contributed by atoms with E-state index in [0.717, 1.165) is 25.7 Å². The molecular formula is C22H38O3. The number of carbonyl (C=O) groups excluding carboxylic acids is 1. The van der Waals surface area contributed by atoms with E-state index in [4.69, 9.17) is 9.47 Å². The number of epoxide rings is 1. The van der Waals surface area contributed by atoms with Gasteiger partial charge in [0.1, 0.15) is 6.10 Å². The summed E-state index contributed by atoms with van der Waals surface area (Å²) in [7, 11) is 0. The average molecular weight is 351 g/mol. The maximum atomic E-state index is 11.5. The van der Waals surface area contributed by atoms with Crippen molar-refractivity contribution in [2.45, 2.75) is 109 Å². The van der Waals surface area contributed by atoms with Crippen molar-refractivity contribution in [3.05, 3.63) is 24.8 Å². The standard InChI is InChI=1S/C22H38O3/c1-4-6-13-16-20-21(25-20)17-14-11-9-7-8-10-12-15-18-22(23)24-19(3)5-2/h5,11,14,19-21H,2,4,6-10,12-13,15-18H2,1,3H3/b14-11-/t19?,20-,21+/m1/s1. The molecule has 144 valence electrons. The van der Waals surface area contributed by atoms with Crippen LogP contribution in [0.1, 0.15) is 90.9 Å². The first-order valence-corrected chi connectivity index (χ1v) is 10.3. The Morgan fingerprint density at radius 1 is 1.08 bits per heavy atom. The van der Waals surface area contributed by atoms with Crippen LogP contribution >= 0.6 is 0 Å². The zero-order valence-corrected chi connectivity index (χ0v) is 16.4. The molecule has 1 fully saturated rings. The van der Waals surface area contributed by atoms with Crippen LogP contribution in [0.2, 0.25) is 0 Å². The van der Waals surface area contributed by atoms with Crippen LogP contribution in [-0.2, 0) is 14.3 Å². The molecule has 0 saturated carbocycles. The minimum atomic E-state index is -0.174. The first kappa shape index (κ1) is 22.0. The van der Waals surface area contributed by atoms with Gasteiger partial charge in [-0.25, -0.2) is 0 Å². The largest absolute Gasteiger partial charge is 0.458 e. The highest BCUT2D eigenvalue weighted by molar-refractivity contribution is 5.69. The summed E-state index contributed by atoms with van der Waals surface area (Å²) in [4.78, 5) is 11.5. The van der Waals surface area contributed by atoms with Crippen molar-refractivity contribution in [1.82, 2.24) is 0 Å². The van der Waals surface area contributed by atoms with E-state index in [0.29, 0.717) is 18.6 Å². The molecule has 0 spiro atoms. The molecular weight excluding hydrogens is 312 g/mol. The van der Waals surface area contributed by atoms with Gasteiger partial charge in [-0.05, 0) is 39.0 Å².